The molecule has 2 rings (SSSR count). The van der Waals surface area contributed by atoms with Gasteiger partial charge in [0.15, 0.2) is 0 Å². The van der Waals surface area contributed by atoms with E-state index in [1.807, 2.05) is 0 Å². The highest BCUT2D eigenvalue weighted by Crippen LogP contribution is 2.21. The molecule has 1 aromatic rings. The summed E-state index contributed by atoms with van der Waals surface area (Å²) >= 11 is 0. The van der Waals surface area contributed by atoms with Gasteiger partial charge in [-0.1, -0.05) is 0 Å². The van der Waals surface area contributed by atoms with Crippen molar-refractivity contribution in [2.24, 2.45) is 5.92 Å². The molecule has 0 aromatic heterocycles. The van der Waals surface area contributed by atoms with E-state index in [0.29, 0.717) is 18.3 Å². The lowest BCUT2D eigenvalue weighted by Crippen LogP contribution is -2.33. The van der Waals surface area contributed by atoms with Gasteiger partial charge < -0.3 is 19.5 Å². The van der Waals surface area contributed by atoms with Crippen molar-refractivity contribution >= 4 is 24.3 Å². The van der Waals surface area contributed by atoms with Crippen LogP contribution in [0, 0.1) is 5.92 Å². The zero-order valence-electron chi connectivity index (χ0n) is 13.3. The first-order chi connectivity index (χ1) is 10.6. The number of piperidine rings is 1. The van der Waals surface area contributed by atoms with Crippen LogP contribution in [0.4, 0.5) is 0 Å². The van der Waals surface area contributed by atoms with Crippen LogP contribution in [-0.2, 0) is 9.47 Å². The summed E-state index contributed by atoms with van der Waals surface area (Å²) in [7, 11) is 2.59. The number of carbonyl (C=O) groups excluding carboxylic acids is 2. The Kier molecular flexibility index (Phi) is 7.85. The predicted molar refractivity (Wildman–Crippen MR) is 87.5 cm³/mol. The summed E-state index contributed by atoms with van der Waals surface area (Å²) in [5.74, 6) is -0.143. The number of methoxy groups -OCH3 is 2. The van der Waals surface area contributed by atoms with Gasteiger partial charge in [-0.3, -0.25) is 0 Å². The van der Waals surface area contributed by atoms with Gasteiger partial charge in [0.1, 0.15) is 5.75 Å². The zero-order chi connectivity index (χ0) is 15.9. The van der Waals surface area contributed by atoms with Crippen molar-refractivity contribution in [3.63, 3.8) is 0 Å². The van der Waals surface area contributed by atoms with Gasteiger partial charge in [0.25, 0.3) is 0 Å². The number of hydrogen-bond acceptors (Lipinski definition) is 6. The predicted octanol–water partition coefficient (Wildman–Crippen LogP) is 2.06. The van der Waals surface area contributed by atoms with Crippen LogP contribution in [0.25, 0.3) is 0 Å². The third kappa shape index (κ3) is 5.41. The Morgan fingerprint density at radius 1 is 1.13 bits per heavy atom. The second kappa shape index (κ2) is 9.37. The Hall–Kier alpha value is -1.79. The van der Waals surface area contributed by atoms with Gasteiger partial charge >= 0.3 is 11.9 Å². The second-order valence-electron chi connectivity index (χ2n) is 5.25. The maximum Gasteiger partial charge on any atom is 0.338 e. The normalized spacial score (nSPS) is 16.9. The second-order valence-corrected chi connectivity index (χ2v) is 5.25. The lowest BCUT2D eigenvalue weighted by atomic mass is 10.0. The molecule has 0 radical (unpaired) electrons. The number of nitrogens with one attached hydrogen (secondary N) is 1. The molecule has 23 heavy (non-hydrogen) atoms. The number of carbonyl (C=O) groups is 2. The third-order valence-electron chi connectivity index (χ3n) is 3.63. The molecule has 6 nitrogen and oxygen atoms in total. The molecule has 1 atom stereocenters. The van der Waals surface area contributed by atoms with Gasteiger partial charge in [-0.25, -0.2) is 9.59 Å². The van der Waals surface area contributed by atoms with Crippen LogP contribution in [0.15, 0.2) is 18.2 Å². The van der Waals surface area contributed by atoms with Crippen molar-refractivity contribution in [2.75, 3.05) is 33.9 Å². The minimum Gasteiger partial charge on any atom is -0.493 e. The average molecular weight is 344 g/mol. The van der Waals surface area contributed by atoms with E-state index in [9.17, 15) is 9.59 Å². The van der Waals surface area contributed by atoms with Gasteiger partial charge in [0.2, 0.25) is 0 Å². The van der Waals surface area contributed by atoms with Crippen LogP contribution in [0.1, 0.15) is 33.6 Å². The van der Waals surface area contributed by atoms with Crippen molar-refractivity contribution < 1.29 is 23.8 Å². The maximum atomic E-state index is 11.7. The molecular formula is C16H22ClNO5. The van der Waals surface area contributed by atoms with E-state index < -0.39 is 11.9 Å². The summed E-state index contributed by atoms with van der Waals surface area (Å²) in [6, 6.07) is 4.59. The smallest absolute Gasteiger partial charge is 0.338 e. The molecule has 1 aromatic carbocycles. The van der Waals surface area contributed by atoms with Crippen LogP contribution in [0.2, 0.25) is 0 Å². The molecule has 0 unspecified atom stereocenters. The van der Waals surface area contributed by atoms with Gasteiger partial charge in [0, 0.05) is 12.5 Å². The molecular weight excluding hydrogens is 322 g/mol. The van der Waals surface area contributed by atoms with E-state index in [1.165, 1.54) is 20.3 Å². The first kappa shape index (κ1) is 19.3. The van der Waals surface area contributed by atoms with Crippen molar-refractivity contribution in [3.05, 3.63) is 29.3 Å². The quantitative estimate of drug-likeness (QED) is 0.825. The molecule has 1 N–H and O–H groups in total. The molecule has 1 fully saturated rings. The number of benzene rings is 1. The largest absolute Gasteiger partial charge is 0.493 e. The maximum absolute atomic E-state index is 11.7. The molecule has 0 amide bonds. The minimum absolute atomic E-state index is 0. The van der Waals surface area contributed by atoms with Crippen LogP contribution in [0.5, 0.6) is 5.75 Å². The summed E-state index contributed by atoms with van der Waals surface area (Å²) in [5.41, 5.74) is 0.532. The molecule has 0 spiro atoms. The molecule has 7 heteroatoms. The fourth-order valence-electron chi connectivity index (χ4n) is 2.43. The van der Waals surface area contributed by atoms with Crippen LogP contribution < -0.4 is 10.1 Å². The first-order valence-electron chi connectivity index (χ1n) is 7.29. The van der Waals surface area contributed by atoms with Gasteiger partial charge in [-0.15, -0.1) is 12.4 Å². The van der Waals surface area contributed by atoms with Crippen molar-refractivity contribution in [2.45, 2.75) is 12.8 Å². The summed E-state index contributed by atoms with van der Waals surface area (Å²) in [6.07, 6.45) is 2.23. The number of esters is 2. The third-order valence-corrected chi connectivity index (χ3v) is 3.63. The molecule has 1 heterocycles. The van der Waals surface area contributed by atoms with Crippen molar-refractivity contribution in [3.8, 4) is 5.75 Å². The molecule has 1 aliphatic rings. The summed E-state index contributed by atoms with van der Waals surface area (Å²) in [5, 5.41) is 3.32. The first-order valence-corrected chi connectivity index (χ1v) is 7.29. The Morgan fingerprint density at radius 3 is 2.22 bits per heavy atom. The summed E-state index contributed by atoms with van der Waals surface area (Å²) in [6.45, 7) is 2.50. The topological polar surface area (TPSA) is 73.9 Å². The van der Waals surface area contributed by atoms with E-state index >= 15 is 0 Å². The Balaban J connectivity index is 0.00000264. The SMILES string of the molecule is COC(=O)c1cc(OC[C@@H]2CCCNC2)cc(C(=O)OC)c1.Cl. The number of halogens is 1. The fourth-order valence-corrected chi connectivity index (χ4v) is 2.43. The number of hydrogen-bond donors (Lipinski definition) is 1. The van der Waals surface area contributed by atoms with Crippen molar-refractivity contribution in [1.82, 2.24) is 5.32 Å². The molecule has 1 saturated heterocycles. The Labute approximate surface area is 141 Å². The van der Waals surface area contributed by atoms with E-state index in [1.54, 1.807) is 12.1 Å². The van der Waals surface area contributed by atoms with Crippen LogP contribution in [0.3, 0.4) is 0 Å². The fraction of sp³-hybridized carbons (Fsp3) is 0.500. The average Bonchev–Trinajstić information content (AvgIpc) is 2.59. The Morgan fingerprint density at radius 2 is 1.74 bits per heavy atom. The Bertz CT molecular complexity index is 509. The number of rotatable bonds is 5. The monoisotopic (exact) mass is 343 g/mol. The van der Waals surface area contributed by atoms with Gasteiger partial charge in [0.05, 0.1) is 32.0 Å². The van der Waals surface area contributed by atoms with Gasteiger partial charge in [-0.05, 0) is 37.6 Å². The van der Waals surface area contributed by atoms with Gasteiger partial charge in [-0.2, -0.15) is 0 Å². The summed E-state index contributed by atoms with van der Waals surface area (Å²) < 4.78 is 15.2. The highest BCUT2D eigenvalue weighted by Gasteiger charge is 2.17. The molecule has 0 saturated carbocycles. The highest BCUT2D eigenvalue weighted by atomic mass is 35.5. The standard InChI is InChI=1S/C16H21NO5.ClH/c1-20-15(18)12-6-13(16(19)21-2)8-14(7-12)22-10-11-4-3-5-17-9-11;/h6-8,11,17H,3-5,9-10H2,1-2H3;1H/t11-;/m1./s1. The van der Waals surface area contributed by atoms with E-state index in [2.05, 4.69) is 5.32 Å². The van der Waals surface area contributed by atoms with Crippen LogP contribution >= 0.6 is 12.4 Å². The number of ether oxygens (including phenoxy) is 3. The van der Waals surface area contributed by atoms with E-state index in [0.717, 1.165) is 25.9 Å². The lowest BCUT2D eigenvalue weighted by molar-refractivity contribution is 0.0598. The molecule has 1 aliphatic heterocycles. The molecule has 0 bridgehead atoms. The van der Waals surface area contributed by atoms with E-state index in [-0.39, 0.29) is 23.5 Å². The van der Waals surface area contributed by atoms with Crippen molar-refractivity contribution in [1.29, 1.82) is 0 Å². The molecule has 128 valence electrons. The summed E-state index contributed by atoms with van der Waals surface area (Å²) in [4.78, 5) is 23.4. The van der Waals surface area contributed by atoms with E-state index in [4.69, 9.17) is 14.2 Å². The minimum atomic E-state index is -0.519. The zero-order valence-corrected chi connectivity index (χ0v) is 14.1. The lowest BCUT2D eigenvalue weighted by Gasteiger charge is -2.23. The molecule has 0 aliphatic carbocycles. The van der Waals surface area contributed by atoms with Crippen LogP contribution in [-0.4, -0.2) is 45.9 Å². The highest BCUT2D eigenvalue weighted by molar-refractivity contribution is 5.96.